The average Bonchev–Trinajstić information content (AvgIpc) is 2.69. The number of pyridine rings is 1. The van der Waals surface area contributed by atoms with Gasteiger partial charge in [-0.3, -0.25) is 14.7 Å². The van der Waals surface area contributed by atoms with Gasteiger partial charge in [0.15, 0.2) is 0 Å². The third-order valence-electron chi connectivity index (χ3n) is 4.86. The van der Waals surface area contributed by atoms with E-state index in [4.69, 9.17) is 4.74 Å². The number of ether oxygens (including phenoxy) is 1. The highest BCUT2D eigenvalue weighted by Crippen LogP contribution is 2.23. The standard InChI is InChI=1S/C22H30N4O2/c1-22(2,3)17-4-6-18(7-5-17)25-21(27)20-16-19(8-9-24-20)23-10-11-26-12-14-28-15-13-26/h4-9,16H,10-15H2,1-3H3,(H,23,24)(H,25,27). The third-order valence-corrected chi connectivity index (χ3v) is 4.86. The molecule has 1 aliphatic heterocycles. The van der Waals surface area contributed by atoms with Crippen LogP contribution in [0.15, 0.2) is 42.6 Å². The number of carbonyl (C=O) groups is 1. The predicted octanol–water partition coefficient (Wildman–Crippen LogP) is 3.38. The summed E-state index contributed by atoms with van der Waals surface area (Å²) in [6, 6.07) is 11.6. The van der Waals surface area contributed by atoms with E-state index in [0.29, 0.717) is 5.69 Å². The topological polar surface area (TPSA) is 66.5 Å². The highest BCUT2D eigenvalue weighted by molar-refractivity contribution is 6.03. The number of hydrogen-bond donors (Lipinski definition) is 2. The van der Waals surface area contributed by atoms with Crippen molar-refractivity contribution in [3.63, 3.8) is 0 Å². The number of carbonyl (C=O) groups excluding carboxylic acids is 1. The molecule has 2 aromatic rings. The molecule has 1 aromatic heterocycles. The van der Waals surface area contributed by atoms with E-state index >= 15 is 0 Å². The van der Waals surface area contributed by atoms with Crippen molar-refractivity contribution in [3.8, 4) is 0 Å². The van der Waals surface area contributed by atoms with Crippen LogP contribution in [0, 0.1) is 0 Å². The Morgan fingerprint density at radius 3 is 2.50 bits per heavy atom. The molecule has 1 saturated heterocycles. The molecule has 0 unspecified atom stereocenters. The quantitative estimate of drug-likeness (QED) is 0.802. The van der Waals surface area contributed by atoms with Crippen molar-refractivity contribution in [2.75, 3.05) is 50.0 Å². The van der Waals surface area contributed by atoms with Crippen LogP contribution < -0.4 is 10.6 Å². The summed E-state index contributed by atoms with van der Waals surface area (Å²) in [5, 5.41) is 6.29. The molecule has 1 aromatic carbocycles. The minimum Gasteiger partial charge on any atom is -0.384 e. The second-order valence-electron chi connectivity index (χ2n) is 8.09. The van der Waals surface area contributed by atoms with Gasteiger partial charge in [-0.2, -0.15) is 0 Å². The molecule has 1 aliphatic rings. The van der Waals surface area contributed by atoms with E-state index < -0.39 is 0 Å². The summed E-state index contributed by atoms with van der Waals surface area (Å²) in [5.41, 5.74) is 3.39. The molecule has 6 nitrogen and oxygen atoms in total. The Hall–Kier alpha value is -2.44. The molecule has 28 heavy (non-hydrogen) atoms. The van der Waals surface area contributed by atoms with E-state index in [1.165, 1.54) is 5.56 Å². The largest absolute Gasteiger partial charge is 0.384 e. The number of hydrogen-bond acceptors (Lipinski definition) is 5. The Bertz CT molecular complexity index is 778. The van der Waals surface area contributed by atoms with Gasteiger partial charge >= 0.3 is 0 Å². The lowest BCUT2D eigenvalue weighted by molar-refractivity contribution is 0.0398. The maximum atomic E-state index is 12.5. The van der Waals surface area contributed by atoms with Crippen molar-refractivity contribution >= 4 is 17.3 Å². The molecule has 0 saturated carbocycles. The number of morpholine rings is 1. The number of benzene rings is 1. The predicted molar refractivity (Wildman–Crippen MR) is 113 cm³/mol. The Morgan fingerprint density at radius 2 is 1.82 bits per heavy atom. The van der Waals surface area contributed by atoms with Crippen molar-refractivity contribution in [2.45, 2.75) is 26.2 Å². The Kier molecular flexibility index (Phi) is 6.65. The normalized spacial score (nSPS) is 15.2. The van der Waals surface area contributed by atoms with Gasteiger partial charge in [0, 0.05) is 43.8 Å². The lowest BCUT2D eigenvalue weighted by Gasteiger charge is -2.26. The molecular formula is C22H30N4O2. The van der Waals surface area contributed by atoms with Crippen LogP contribution in [0.5, 0.6) is 0 Å². The van der Waals surface area contributed by atoms with Crippen LogP contribution in [0.3, 0.4) is 0 Å². The molecule has 3 rings (SSSR count). The SMILES string of the molecule is CC(C)(C)c1ccc(NC(=O)c2cc(NCCN3CCOCC3)ccn2)cc1. The zero-order valence-electron chi connectivity index (χ0n) is 17.0. The van der Waals surface area contributed by atoms with Crippen LogP contribution in [0.4, 0.5) is 11.4 Å². The van der Waals surface area contributed by atoms with Gasteiger partial charge in [-0.25, -0.2) is 0 Å². The van der Waals surface area contributed by atoms with E-state index in [-0.39, 0.29) is 11.3 Å². The van der Waals surface area contributed by atoms with Crippen molar-refractivity contribution in [3.05, 3.63) is 53.9 Å². The second kappa shape index (κ2) is 9.17. The average molecular weight is 383 g/mol. The third kappa shape index (κ3) is 5.78. The maximum absolute atomic E-state index is 12.5. The molecule has 6 heteroatoms. The summed E-state index contributed by atoms with van der Waals surface area (Å²) in [6.07, 6.45) is 1.66. The van der Waals surface area contributed by atoms with Crippen LogP contribution >= 0.6 is 0 Å². The highest BCUT2D eigenvalue weighted by atomic mass is 16.5. The molecule has 1 amide bonds. The van der Waals surface area contributed by atoms with Crippen LogP contribution in [-0.2, 0) is 10.2 Å². The molecule has 1 fully saturated rings. The number of aromatic nitrogens is 1. The second-order valence-corrected chi connectivity index (χ2v) is 8.09. The van der Waals surface area contributed by atoms with Crippen LogP contribution in [0.2, 0.25) is 0 Å². The molecule has 0 spiro atoms. The number of amides is 1. The fourth-order valence-corrected chi connectivity index (χ4v) is 3.10. The first kappa shape index (κ1) is 20.3. The van der Waals surface area contributed by atoms with Gasteiger partial charge in [0.2, 0.25) is 0 Å². The summed E-state index contributed by atoms with van der Waals surface area (Å²) in [6.45, 7) is 11.8. The minimum atomic E-state index is -0.208. The van der Waals surface area contributed by atoms with Crippen LogP contribution in [0.1, 0.15) is 36.8 Å². The van der Waals surface area contributed by atoms with E-state index in [0.717, 1.165) is 50.8 Å². The monoisotopic (exact) mass is 382 g/mol. The zero-order valence-corrected chi connectivity index (χ0v) is 17.0. The highest BCUT2D eigenvalue weighted by Gasteiger charge is 2.14. The van der Waals surface area contributed by atoms with Crippen molar-refractivity contribution in [1.29, 1.82) is 0 Å². The fraction of sp³-hybridized carbons (Fsp3) is 0.455. The summed E-state index contributed by atoms with van der Waals surface area (Å²) >= 11 is 0. The van der Waals surface area contributed by atoms with Gasteiger partial charge in [-0.05, 0) is 35.2 Å². The van der Waals surface area contributed by atoms with Crippen molar-refractivity contribution < 1.29 is 9.53 Å². The first-order valence-electron chi connectivity index (χ1n) is 9.84. The minimum absolute atomic E-state index is 0.0886. The van der Waals surface area contributed by atoms with Crippen molar-refractivity contribution in [1.82, 2.24) is 9.88 Å². The van der Waals surface area contributed by atoms with Gasteiger partial charge in [-0.1, -0.05) is 32.9 Å². The van der Waals surface area contributed by atoms with Gasteiger partial charge < -0.3 is 15.4 Å². The molecule has 0 atom stereocenters. The Labute approximate surface area is 167 Å². The molecule has 0 aliphatic carbocycles. The van der Waals surface area contributed by atoms with E-state index in [9.17, 15) is 4.79 Å². The molecule has 2 heterocycles. The van der Waals surface area contributed by atoms with Gasteiger partial charge in [0.1, 0.15) is 5.69 Å². The molecular weight excluding hydrogens is 352 g/mol. The lowest BCUT2D eigenvalue weighted by Crippen LogP contribution is -2.39. The zero-order chi connectivity index (χ0) is 20.0. The van der Waals surface area contributed by atoms with Crippen LogP contribution in [0.25, 0.3) is 0 Å². The van der Waals surface area contributed by atoms with Gasteiger partial charge in [-0.15, -0.1) is 0 Å². The first-order valence-corrected chi connectivity index (χ1v) is 9.84. The number of anilines is 2. The van der Waals surface area contributed by atoms with Crippen LogP contribution in [-0.4, -0.2) is 55.2 Å². The Balaban J connectivity index is 1.54. The Morgan fingerprint density at radius 1 is 1.11 bits per heavy atom. The molecule has 0 bridgehead atoms. The summed E-state index contributed by atoms with van der Waals surface area (Å²) in [5.74, 6) is -0.208. The first-order chi connectivity index (χ1) is 13.4. The lowest BCUT2D eigenvalue weighted by atomic mass is 9.87. The summed E-state index contributed by atoms with van der Waals surface area (Å²) < 4.78 is 5.36. The van der Waals surface area contributed by atoms with E-state index in [1.807, 2.05) is 30.3 Å². The molecule has 150 valence electrons. The summed E-state index contributed by atoms with van der Waals surface area (Å²) in [7, 11) is 0. The maximum Gasteiger partial charge on any atom is 0.274 e. The van der Waals surface area contributed by atoms with Crippen molar-refractivity contribution in [2.24, 2.45) is 0 Å². The number of rotatable bonds is 6. The fourth-order valence-electron chi connectivity index (χ4n) is 3.10. The summed E-state index contributed by atoms with van der Waals surface area (Å²) in [4.78, 5) is 19.1. The van der Waals surface area contributed by atoms with Gasteiger partial charge in [0.05, 0.1) is 13.2 Å². The number of nitrogens with one attached hydrogen (secondary N) is 2. The molecule has 0 radical (unpaired) electrons. The number of nitrogens with zero attached hydrogens (tertiary/aromatic N) is 2. The smallest absolute Gasteiger partial charge is 0.274 e. The van der Waals surface area contributed by atoms with E-state index in [1.54, 1.807) is 12.3 Å². The van der Waals surface area contributed by atoms with E-state index in [2.05, 4.69) is 41.3 Å². The molecule has 2 N–H and O–H groups in total. The van der Waals surface area contributed by atoms with Gasteiger partial charge in [0.25, 0.3) is 5.91 Å².